The van der Waals surface area contributed by atoms with Crippen molar-refractivity contribution in [3.8, 4) is 0 Å². The molecular formula is C11H19N5O2S. The van der Waals surface area contributed by atoms with Gasteiger partial charge in [0.2, 0.25) is 5.91 Å². The first-order chi connectivity index (χ1) is 9.11. The second-order valence-electron chi connectivity index (χ2n) is 4.47. The monoisotopic (exact) mass is 285 g/mol. The van der Waals surface area contributed by atoms with E-state index in [4.69, 9.17) is 10.5 Å². The minimum atomic E-state index is 0.109. The minimum absolute atomic E-state index is 0.109. The van der Waals surface area contributed by atoms with Crippen LogP contribution in [0.3, 0.4) is 0 Å². The number of ether oxygens (including phenoxy) is 1. The topological polar surface area (TPSA) is 86.3 Å². The van der Waals surface area contributed by atoms with E-state index in [-0.39, 0.29) is 12.0 Å². The molecule has 0 radical (unpaired) electrons. The molecule has 19 heavy (non-hydrogen) atoms. The van der Waals surface area contributed by atoms with Crippen LogP contribution in [0.5, 0.6) is 0 Å². The average Bonchev–Trinajstić information content (AvgIpc) is 2.76. The van der Waals surface area contributed by atoms with E-state index in [1.807, 2.05) is 23.4 Å². The number of hydrogen-bond donors (Lipinski definition) is 1. The van der Waals surface area contributed by atoms with E-state index >= 15 is 0 Å². The number of nitrogens with two attached hydrogens (primary N) is 1. The predicted octanol–water partition coefficient (Wildman–Crippen LogP) is -0.387. The fraction of sp³-hybridized carbons (Fsp3) is 0.727. The maximum absolute atomic E-state index is 12.1. The average molecular weight is 285 g/mol. The summed E-state index contributed by atoms with van der Waals surface area (Å²) in [6.07, 6.45) is 0.112. The van der Waals surface area contributed by atoms with Crippen molar-refractivity contribution in [3.63, 3.8) is 0 Å². The first-order valence-corrected chi connectivity index (χ1v) is 7.21. The zero-order valence-corrected chi connectivity index (χ0v) is 12.0. The van der Waals surface area contributed by atoms with E-state index in [1.54, 1.807) is 0 Å². The lowest BCUT2D eigenvalue weighted by Gasteiger charge is -2.31. The Morgan fingerprint density at radius 3 is 3.00 bits per heavy atom. The Morgan fingerprint density at radius 1 is 1.58 bits per heavy atom. The van der Waals surface area contributed by atoms with Crippen LogP contribution in [0.1, 0.15) is 12.7 Å². The third-order valence-corrected chi connectivity index (χ3v) is 4.03. The van der Waals surface area contributed by atoms with Crippen LogP contribution in [-0.4, -0.2) is 57.1 Å². The van der Waals surface area contributed by atoms with Crippen LogP contribution >= 0.6 is 11.8 Å². The van der Waals surface area contributed by atoms with Gasteiger partial charge in [-0.15, -0.1) is 10.2 Å². The Hall–Kier alpha value is -1.12. The third-order valence-electron chi connectivity index (χ3n) is 3.03. The van der Waals surface area contributed by atoms with Gasteiger partial charge in [-0.3, -0.25) is 4.79 Å². The van der Waals surface area contributed by atoms with Crippen molar-refractivity contribution in [2.24, 2.45) is 12.8 Å². The van der Waals surface area contributed by atoms with Gasteiger partial charge in [0.25, 0.3) is 0 Å². The number of amides is 1. The van der Waals surface area contributed by atoms with Gasteiger partial charge in [-0.1, -0.05) is 11.8 Å². The minimum Gasteiger partial charge on any atom is -0.375 e. The summed E-state index contributed by atoms with van der Waals surface area (Å²) in [4.78, 5) is 13.9. The maximum Gasteiger partial charge on any atom is 0.233 e. The smallest absolute Gasteiger partial charge is 0.233 e. The van der Waals surface area contributed by atoms with Gasteiger partial charge in [-0.2, -0.15) is 0 Å². The van der Waals surface area contributed by atoms with Crippen LogP contribution in [0.4, 0.5) is 0 Å². The zero-order chi connectivity index (χ0) is 13.8. The number of thioether (sulfide) groups is 1. The molecule has 8 heteroatoms. The highest BCUT2D eigenvalue weighted by atomic mass is 32.2. The van der Waals surface area contributed by atoms with Gasteiger partial charge in [-0.05, 0) is 6.92 Å². The standard InChI is InChI=1S/C11H19N5O2S/c1-8-6-16(3-4-18-8)10(17)7-19-11-14-13-9(5-12)15(11)2/h8H,3-7,12H2,1-2H3. The van der Waals surface area contributed by atoms with Gasteiger partial charge in [-0.25, -0.2) is 0 Å². The lowest BCUT2D eigenvalue weighted by Crippen LogP contribution is -2.45. The number of rotatable bonds is 4. The number of hydrogen-bond acceptors (Lipinski definition) is 6. The molecular weight excluding hydrogens is 266 g/mol. The first kappa shape index (κ1) is 14.3. The van der Waals surface area contributed by atoms with Crippen molar-refractivity contribution in [3.05, 3.63) is 5.82 Å². The van der Waals surface area contributed by atoms with E-state index in [0.717, 1.165) is 11.0 Å². The molecule has 1 unspecified atom stereocenters. The molecule has 1 aromatic rings. The van der Waals surface area contributed by atoms with Crippen molar-refractivity contribution in [1.29, 1.82) is 0 Å². The zero-order valence-electron chi connectivity index (χ0n) is 11.2. The number of morpholine rings is 1. The summed E-state index contributed by atoms with van der Waals surface area (Å²) in [6.45, 7) is 4.25. The summed E-state index contributed by atoms with van der Waals surface area (Å²) >= 11 is 1.39. The molecule has 0 spiro atoms. The molecule has 0 aliphatic carbocycles. The Morgan fingerprint density at radius 2 is 2.37 bits per heavy atom. The summed E-state index contributed by atoms with van der Waals surface area (Å²) in [5.41, 5.74) is 5.53. The predicted molar refractivity (Wildman–Crippen MR) is 71.6 cm³/mol. The van der Waals surface area contributed by atoms with Gasteiger partial charge in [0, 0.05) is 20.1 Å². The van der Waals surface area contributed by atoms with E-state index < -0.39 is 0 Å². The van der Waals surface area contributed by atoms with Crippen LogP contribution in [0, 0.1) is 0 Å². The molecule has 0 aromatic carbocycles. The lowest BCUT2D eigenvalue weighted by molar-refractivity contribution is -0.135. The molecule has 0 saturated carbocycles. The van der Waals surface area contributed by atoms with Gasteiger partial charge >= 0.3 is 0 Å². The Kier molecular flexibility index (Phi) is 4.78. The van der Waals surface area contributed by atoms with Gasteiger partial charge in [0.15, 0.2) is 5.16 Å². The second-order valence-corrected chi connectivity index (χ2v) is 5.41. The Bertz CT molecular complexity index is 450. The van der Waals surface area contributed by atoms with Crippen molar-refractivity contribution >= 4 is 17.7 Å². The van der Waals surface area contributed by atoms with E-state index in [2.05, 4.69) is 10.2 Å². The molecule has 2 heterocycles. The third kappa shape index (κ3) is 3.46. The number of carbonyl (C=O) groups is 1. The van der Waals surface area contributed by atoms with Gasteiger partial charge in [0.05, 0.1) is 25.0 Å². The van der Waals surface area contributed by atoms with Crippen molar-refractivity contribution < 1.29 is 9.53 Å². The Balaban J connectivity index is 1.87. The molecule has 106 valence electrons. The number of nitrogens with zero attached hydrogens (tertiary/aromatic N) is 4. The summed E-state index contributed by atoms with van der Waals surface area (Å²) in [7, 11) is 1.85. The van der Waals surface area contributed by atoms with Crippen LogP contribution < -0.4 is 5.73 Å². The molecule has 1 saturated heterocycles. The van der Waals surface area contributed by atoms with E-state index in [0.29, 0.717) is 32.0 Å². The van der Waals surface area contributed by atoms with Gasteiger partial charge in [0.1, 0.15) is 5.82 Å². The highest BCUT2D eigenvalue weighted by molar-refractivity contribution is 7.99. The van der Waals surface area contributed by atoms with Crippen molar-refractivity contribution in [2.75, 3.05) is 25.4 Å². The largest absolute Gasteiger partial charge is 0.375 e. The molecule has 2 rings (SSSR count). The van der Waals surface area contributed by atoms with Crippen LogP contribution in [0.25, 0.3) is 0 Å². The molecule has 2 N–H and O–H groups in total. The van der Waals surface area contributed by atoms with E-state index in [9.17, 15) is 4.79 Å². The first-order valence-electron chi connectivity index (χ1n) is 6.22. The van der Waals surface area contributed by atoms with Crippen LogP contribution in [-0.2, 0) is 23.1 Å². The van der Waals surface area contributed by atoms with E-state index in [1.165, 1.54) is 11.8 Å². The van der Waals surface area contributed by atoms with Crippen molar-refractivity contribution in [1.82, 2.24) is 19.7 Å². The highest BCUT2D eigenvalue weighted by Crippen LogP contribution is 2.17. The SMILES string of the molecule is CC1CN(C(=O)CSc2nnc(CN)n2C)CCO1. The molecule has 1 amide bonds. The molecule has 1 aromatic heterocycles. The quantitative estimate of drug-likeness (QED) is 0.759. The van der Waals surface area contributed by atoms with Crippen LogP contribution in [0.2, 0.25) is 0 Å². The maximum atomic E-state index is 12.1. The normalized spacial score (nSPS) is 19.7. The summed E-state index contributed by atoms with van der Waals surface area (Å²) in [6, 6.07) is 0. The fourth-order valence-corrected chi connectivity index (χ4v) is 2.74. The lowest BCUT2D eigenvalue weighted by atomic mass is 10.3. The van der Waals surface area contributed by atoms with Crippen LogP contribution in [0.15, 0.2) is 5.16 Å². The fourth-order valence-electron chi connectivity index (χ4n) is 1.91. The van der Waals surface area contributed by atoms with Gasteiger partial charge < -0.3 is 19.9 Å². The molecule has 0 bridgehead atoms. The molecule has 1 aliphatic heterocycles. The highest BCUT2D eigenvalue weighted by Gasteiger charge is 2.21. The number of carbonyl (C=O) groups excluding carboxylic acids is 1. The van der Waals surface area contributed by atoms with Crippen molar-refractivity contribution in [2.45, 2.75) is 24.7 Å². The summed E-state index contributed by atoms with van der Waals surface area (Å²) in [5.74, 6) is 1.19. The summed E-state index contributed by atoms with van der Waals surface area (Å²) < 4.78 is 7.24. The molecule has 1 aliphatic rings. The molecule has 7 nitrogen and oxygen atoms in total. The Labute approximate surface area is 116 Å². The molecule has 1 fully saturated rings. The second kappa shape index (κ2) is 6.36. The number of aromatic nitrogens is 3. The molecule has 1 atom stereocenters. The summed E-state index contributed by atoms with van der Waals surface area (Å²) in [5, 5.41) is 8.70.